The molecule has 6 rings (SSSR count). The summed E-state index contributed by atoms with van der Waals surface area (Å²) in [5.74, 6) is 1.28. The highest BCUT2D eigenvalue weighted by Crippen LogP contribution is 2.46. The molecule has 0 aliphatic heterocycles. The summed E-state index contributed by atoms with van der Waals surface area (Å²) in [4.78, 5) is 9.30. The van der Waals surface area contributed by atoms with E-state index in [9.17, 15) is 0 Å². The van der Waals surface area contributed by atoms with Crippen molar-refractivity contribution in [3.63, 3.8) is 0 Å². The molecule has 0 fully saturated rings. The summed E-state index contributed by atoms with van der Waals surface area (Å²) in [5.41, 5.74) is 7.91. The molecule has 0 saturated heterocycles. The predicted molar refractivity (Wildman–Crippen MR) is 118 cm³/mol. The van der Waals surface area contributed by atoms with Crippen LogP contribution in [0.25, 0.3) is 39.9 Å². The third kappa shape index (κ3) is 2.39. The second kappa shape index (κ2) is 6.05. The van der Waals surface area contributed by atoms with Gasteiger partial charge in [0.1, 0.15) is 0 Å². The van der Waals surface area contributed by atoms with Crippen LogP contribution in [-0.4, -0.2) is 9.97 Å². The first-order chi connectivity index (χ1) is 14.3. The van der Waals surface area contributed by atoms with Crippen molar-refractivity contribution in [2.75, 3.05) is 0 Å². The molecule has 3 aliphatic rings. The molecule has 0 spiro atoms. The van der Waals surface area contributed by atoms with E-state index in [2.05, 4.69) is 71.1 Å². The average molecular weight is 369 g/mol. The van der Waals surface area contributed by atoms with Gasteiger partial charge < -0.3 is 0 Å². The fourth-order valence-corrected chi connectivity index (χ4v) is 4.45. The van der Waals surface area contributed by atoms with Crippen LogP contribution in [0, 0.1) is 5.92 Å². The van der Waals surface area contributed by atoms with Gasteiger partial charge in [0.05, 0.1) is 34.0 Å². The second-order valence-corrected chi connectivity index (χ2v) is 7.42. The minimum Gasteiger partial charge on any atom is -0.256 e. The molecule has 3 aromatic rings. The van der Waals surface area contributed by atoms with Crippen LogP contribution in [0.1, 0.15) is 16.7 Å². The van der Waals surface area contributed by atoms with Gasteiger partial charge in [-0.1, -0.05) is 18.7 Å². The molecule has 0 N–H and O–H groups in total. The zero-order chi connectivity index (χ0) is 19.4. The van der Waals surface area contributed by atoms with Gasteiger partial charge in [-0.05, 0) is 54.6 Å². The molecule has 0 atom stereocenters. The van der Waals surface area contributed by atoms with E-state index in [-0.39, 0.29) is 0 Å². The number of aromatic nitrogens is 2. The molecule has 1 aromatic carbocycles. The Labute approximate surface area is 169 Å². The molecule has 3 aliphatic carbocycles. The topological polar surface area (TPSA) is 25.8 Å². The molecule has 2 heteroatoms. The molecule has 29 heavy (non-hydrogen) atoms. The molecule has 2 nitrogen and oxygen atoms in total. The highest BCUT2D eigenvalue weighted by Gasteiger charge is 2.34. The van der Waals surface area contributed by atoms with Crippen molar-refractivity contribution in [1.82, 2.24) is 9.97 Å². The van der Waals surface area contributed by atoms with Gasteiger partial charge in [0.15, 0.2) is 0 Å². The second-order valence-electron chi connectivity index (χ2n) is 7.42. The van der Waals surface area contributed by atoms with E-state index in [0.717, 1.165) is 27.7 Å². The number of rotatable bonds is 2. The van der Waals surface area contributed by atoms with Gasteiger partial charge in [0, 0.05) is 51.6 Å². The zero-order valence-corrected chi connectivity index (χ0v) is 15.8. The molecule has 0 saturated carbocycles. The van der Waals surface area contributed by atoms with Crippen molar-refractivity contribution in [2.24, 2.45) is 0 Å². The van der Waals surface area contributed by atoms with E-state index in [1.807, 2.05) is 36.7 Å². The molecule has 0 unspecified atom stereocenters. The predicted octanol–water partition coefficient (Wildman–Crippen LogP) is 5.43. The Morgan fingerprint density at radius 2 is 1.17 bits per heavy atom. The van der Waals surface area contributed by atoms with Crippen LogP contribution < -0.4 is 5.22 Å². The van der Waals surface area contributed by atoms with E-state index in [1.165, 1.54) is 33.4 Å². The van der Waals surface area contributed by atoms with Crippen molar-refractivity contribution in [2.45, 2.75) is 0 Å². The van der Waals surface area contributed by atoms with E-state index < -0.39 is 0 Å². The lowest BCUT2D eigenvalue weighted by molar-refractivity contribution is 1.20. The number of hydrogen-bond acceptors (Lipinski definition) is 2. The smallest absolute Gasteiger partial charge is 0.0764 e. The van der Waals surface area contributed by atoms with Gasteiger partial charge >= 0.3 is 0 Å². The van der Waals surface area contributed by atoms with E-state index in [1.54, 1.807) is 0 Å². The number of nitrogens with zero attached hydrogens (tertiary/aromatic N) is 2. The highest BCUT2D eigenvalue weighted by atomic mass is 14.7. The standard InChI is InChI=1S/C27H17N2/c1-17-14-18-8-10-20-22(24-6-2-4-12-28-24)16-23(25-7-3-5-13-29-25)21-11-9-19(15-17)26(18)27(20)21/h2-16H,1H2/q+1. The minimum atomic E-state index is 0.973. The monoisotopic (exact) mass is 369 g/mol. The van der Waals surface area contributed by atoms with Crippen LogP contribution in [0.15, 0.2) is 91.3 Å². The number of hydrogen-bond donors (Lipinski definition) is 0. The van der Waals surface area contributed by atoms with Crippen LogP contribution in [0.3, 0.4) is 0 Å². The Morgan fingerprint density at radius 3 is 1.66 bits per heavy atom. The van der Waals surface area contributed by atoms with Crippen molar-refractivity contribution in [3.8, 4) is 22.5 Å². The lowest BCUT2D eigenvalue weighted by Gasteiger charge is -2.24. The van der Waals surface area contributed by atoms with Gasteiger partial charge in [-0.3, -0.25) is 9.97 Å². The number of pyridine rings is 2. The molecular weight excluding hydrogens is 352 g/mol. The van der Waals surface area contributed by atoms with Crippen molar-refractivity contribution in [1.29, 1.82) is 0 Å². The largest absolute Gasteiger partial charge is 0.256 e. The summed E-state index contributed by atoms with van der Waals surface area (Å²) in [7, 11) is 0. The first-order valence-corrected chi connectivity index (χ1v) is 9.70. The normalized spacial score (nSPS) is 12.2. The first kappa shape index (κ1) is 16.1. The summed E-state index contributed by atoms with van der Waals surface area (Å²) < 4.78 is 0. The highest BCUT2D eigenvalue weighted by molar-refractivity contribution is 6.03. The van der Waals surface area contributed by atoms with Crippen LogP contribution in [0.2, 0.25) is 0 Å². The third-order valence-corrected chi connectivity index (χ3v) is 5.66. The van der Waals surface area contributed by atoms with Gasteiger partial charge in [0.2, 0.25) is 0 Å². The maximum atomic E-state index is 4.65. The van der Waals surface area contributed by atoms with E-state index in [0.29, 0.717) is 0 Å². The van der Waals surface area contributed by atoms with Gasteiger partial charge in [-0.25, -0.2) is 0 Å². The SMILES string of the molecule is C=c1cc2ccc3c(-c4ccccn4)cc(-c4ccccn4)c4ccc(c1)[C+]2c34. The van der Waals surface area contributed by atoms with E-state index in [4.69, 9.17) is 0 Å². The lowest BCUT2D eigenvalue weighted by atomic mass is 9.74. The Bertz CT molecular complexity index is 1300. The summed E-state index contributed by atoms with van der Waals surface area (Å²) in [6.07, 6.45) is 3.70. The van der Waals surface area contributed by atoms with Crippen LogP contribution in [-0.2, 0) is 0 Å². The first-order valence-electron chi connectivity index (χ1n) is 9.70. The molecule has 134 valence electrons. The van der Waals surface area contributed by atoms with Gasteiger partial charge in [-0.15, -0.1) is 0 Å². The average Bonchev–Trinajstić information content (AvgIpc) is 2.78. The maximum Gasteiger partial charge on any atom is 0.0764 e. The fourth-order valence-electron chi connectivity index (χ4n) is 4.45. The Balaban J connectivity index is 1.81. The molecule has 2 heterocycles. The Kier molecular flexibility index (Phi) is 3.35. The Morgan fingerprint density at radius 1 is 0.621 bits per heavy atom. The maximum absolute atomic E-state index is 4.65. The number of benzene rings is 1. The van der Waals surface area contributed by atoms with E-state index >= 15 is 0 Å². The van der Waals surface area contributed by atoms with Gasteiger partial charge in [-0.2, -0.15) is 0 Å². The molecule has 0 radical (unpaired) electrons. The summed E-state index contributed by atoms with van der Waals surface area (Å²) in [5, 5.41) is 3.47. The van der Waals surface area contributed by atoms with Crippen LogP contribution >= 0.6 is 0 Å². The third-order valence-electron chi connectivity index (χ3n) is 5.66. The van der Waals surface area contributed by atoms with Crippen molar-refractivity contribution >= 4 is 17.4 Å². The van der Waals surface area contributed by atoms with Crippen LogP contribution in [0.5, 0.6) is 0 Å². The molecule has 2 aromatic heterocycles. The van der Waals surface area contributed by atoms with Gasteiger partial charge in [0.25, 0.3) is 0 Å². The van der Waals surface area contributed by atoms with Crippen molar-refractivity contribution in [3.05, 3.63) is 119 Å². The molecule has 0 bridgehead atoms. The minimum absolute atomic E-state index is 0.973. The lowest BCUT2D eigenvalue weighted by Crippen LogP contribution is -2.16. The summed E-state index contributed by atoms with van der Waals surface area (Å²) in [6.45, 7) is 4.16. The fraction of sp³-hybridized carbons (Fsp3) is 0. The van der Waals surface area contributed by atoms with Crippen molar-refractivity contribution < 1.29 is 0 Å². The quantitative estimate of drug-likeness (QED) is 0.381. The summed E-state index contributed by atoms with van der Waals surface area (Å²) >= 11 is 0. The zero-order valence-electron chi connectivity index (χ0n) is 15.8. The molecule has 0 amide bonds. The van der Waals surface area contributed by atoms with Crippen LogP contribution in [0.4, 0.5) is 0 Å². The summed E-state index contributed by atoms with van der Waals surface area (Å²) in [6, 6.07) is 27.5. The molecular formula is C27H17N2+. The Hall–Kier alpha value is -3.91.